The topological polar surface area (TPSA) is 3.24 Å². The fourth-order valence-corrected chi connectivity index (χ4v) is 5.74. The first-order valence-electron chi connectivity index (χ1n) is 12.3. The Kier molecular flexibility index (Phi) is 5.39. The van der Waals surface area contributed by atoms with Gasteiger partial charge in [0.1, 0.15) is 0 Å². The van der Waals surface area contributed by atoms with E-state index >= 15 is 0 Å². The molecular formula is C33H28ClN. The Labute approximate surface area is 213 Å². The van der Waals surface area contributed by atoms with Gasteiger partial charge >= 0.3 is 0 Å². The van der Waals surface area contributed by atoms with Crippen LogP contribution in [0.5, 0.6) is 0 Å². The van der Waals surface area contributed by atoms with E-state index in [-0.39, 0.29) is 5.41 Å². The highest BCUT2D eigenvalue weighted by molar-refractivity contribution is 6.30. The molecule has 0 aromatic heterocycles. The molecule has 0 spiro atoms. The van der Waals surface area contributed by atoms with Crippen molar-refractivity contribution in [2.45, 2.75) is 32.1 Å². The van der Waals surface area contributed by atoms with E-state index in [1.165, 1.54) is 39.1 Å². The molecule has 0 saturated carbocycles. The number of anilines is 3. The fourth-order valence-electron chi connectivity index (χ4n) is 5.62. The fraction of sp³-hybridized carbons (Fsp3) is 0.152. The summed E-state index contributed by atoms with van der Waals surface area (Å²) in [6, 6.07) is 32.7. The first-order valence-corrected chi connectivity index (χ1v) is 12.7. The summed E-state index contributed by atoms with van der Waals surface area (Å²) in [6.45, 7) is 4.67. The molecule has 0 bridgehead atoms. The van der Waals surface area contributed by atoms with Gasteiger partial charge in [-0.2, -0.15) is 0 Å². The molecule has 0 fully saturated rings. The molecule has 35 heavy (non-hydrogen) atoms. The molecule has 2 aliphatic carbocycles. The molecule has 0 amide bonds. The first kappa shape index (κ1) is 21.9. The molecule has 4 aromatic rings. The summed E-state index contributed by atoms with van der Waals surface area (Å²) < 4.78 is 0. The Hall–Kier alpha value is -3.55. The van der Waals surface area contributed by atoms with E-state index in [1.54, 1.807) is 0 Å². The Morgan fingerprint density at radius 2 is 1.40 bits per heavy atom. The van der Waals surface area contributed by atoms with Crippen LogP contribution < -0.4 is 4.90 Å². The van der Waals surface area contributed by atoms with E-state index in [0.717, 1.165) is 29.2 Å². The van der Waals surface area contributed by atoms with Crippen LogP contribution in [0.4, 0.5) is 17.1 Å². The average molecular weight is 474 g/mol. The van der Waals surface area contributed by atoms with Gasteiger partial charge in [0.2, 0.25) is 0 Å². The summed E-state index contributed by atoms with van der Waals surface area (Å²) in [7, 11) is 0. The minimum absolute atomic E-state index is 0.0518. The third-order valence-corrected chi connectivity index (χ3v) is 7.67. The summed E-state index contributed by atoms with van der Waals surface area (Å²) in [4.78, 5) is 2.38. The number of para-hydroxylation sites is 1. The monoisotopic (exact) mass is 473 g/mol. The quantitative estimate of drug-likeness (QED) is 0.285. The zero-order valence-corrected chi connectivity index (χ0v) is 20.9. The average Bonchev–Trinajstić information content (AvgIpc) is 3.13. The summed E-state index contributed by atoms with van der Waals surface area (Å²) in [5.74, 6) is 0. The van der Waals surface area contributed by atoms with E-state index in [0.29, 0.717) is 0 Å². The van der Waals surface area contributed by atoms with Crippen LogP contribution in [-0.2, 0) is 5.41 Å². The van der Waals surface area contributed by atoms with Crippen LogP contribution in [0.1, 0.15) is 43.4 Å². The summed E-state index contributed by atoms with van der Waals surface area (Å²) in [5.41, 5.74) is 11.5. The highest BCUT2D eigenvalue weighted by Crippen LogP contribution is 2.51. The lowest BCUT2D eigenvalue weighted by atomic mass is 9.82. The maximum Gasteiger partial charge on any atom is 0.0536 e. The van der Waals surface area contributed by atoms with Crippen molar-refractivity contribution in [2.75, 3.05) is 4.90 Å². The van der Waals surface area contributed by atoms with Gasteiger partial charge in [-0.25, -0.2) is 0 Å². The maximum atomic E-state index is 6.29. The van der Waals surface area contributed by atoms with Gasteiger partial charge in [-0.15, -0.1) is 0 Å². The van der Waals surface area contributed by atoms with Gasteiger partial charge < -0.3 is 4.90 Å². The van der Waals surface area contributed by atoms with E-state index in [2.05, 4.69) is 116 Å². The molecule has 1 nitrogen and oxygen atoms in total. The summed E-state index contributed by atoms with van der Waals surface area (Å²) >= 11 is 6.29. The number of nitrogens with zero attached hydrogens (tertiary/aromatic N) is 1. The standard InChI is InChI=1S/C33H28ClN/c1-33(2)30-14-8-6-13-28(30)29-21-20-26(22-31(29)33)35(25-18-16-24(34)17-19-25)32-15-9-7-12-27(32)23-10-4-3-5-11-23/h3-4,6-10,12-22H,5,11H2,1-2H3. The maximum absolute atomic E-state index is 6.29. The highest BCUT2D eigenvalue weighted by atomic mass is 35.5. The van der Waals surface area contributed by atoms with Crippen molar-refractivity contribution in [2.24, 2.45) is 0 Å². The van der Waals surface area contributed by atoms with Gasteiger partial charge in [-0.1, -0.05) is 92.2 Å². The van der Waals surface area contributed by atoms with E-state index in [9.17, 15) is 0 Å². The second kappa shape index (κ2) is 8.59. The van der Waals surface area contributed by atoms with Crippen LogP contribution in [-0.4, -0.2) is 0 Å². The Morgan fingerprint density at radius 3 is 2.17 bits per heavy atom. The van der Waals surface area contributed by atoms with Crippen molar-refractivity contribution in [1.82, 2.24) is 0 Å². The van der Waals surface area contributed by atoms with Gasteiger partial charge in [0.15, 0.2) is 0 Å². The molecule has 0 radical (unpaired) electrons. The number of hydrogen-bond donors (Lipinski definition) is 0. The van der Waals surface area contributed by atoms with Gasteiger partial charge in [0.25, 0.3) is 0 Å². The van der Waals surface area contributed by atoms with Crippen LogP contribution >= 0.6 is 11.6 Å². The number of rotatable bonds is 4. The van der Waals surface area contributed by atoms with Crippen LogP contribution in [0.25, 0.3) is 16.7 Å². The molecule has 0 unspecified atom stereocenters. The molecule has 0 aliphatic heterocycles. The number of benzene rings is 4. The van der Waals surface area contributed by atoms with Gasteiger partial charge in [-0.05, 0) is 83.1 Å². The van der Waals surface area contributed by atoms with Crippen molar-refractivity contribution in [3.63, 3.8) is 0 Å². The molecule has 0 saturated heterocycles. The molecule has 4 aromatic carbocycles. The van der Waals surface area contributed by atoms with Crippen molar-refractivity contribution in [1.29, 1.82) is 0 Å². The van der Waals surface area contributed by atoms with Crippen LogP contribution in [0, 0.1) is 0 Å². The van der Waals surface area contributed by atoms with Crippen molar-refractivity contribution < 1.29 is 0 Å². The van der Waals surface area contributed by atoms with E-state index < -0.39 is 0 Å². The van der Waals surface area contributed by atoms with E-state index in [1.807, 2.05) is 12.1 Å². The Balaban J connectivity index is 1.56. The molecular weight excluding hydrogens is 446 g/mol. The molecule has 172 valence electrons. The normalized spacial score (nSPS) is 15.3. The SMILES string of the molecule is CC1(C)c2ccccc2-c2ccc(N(c3ccc(Cl)cc3)c3ccccc3C3=CC=CCC3)cc21. The molecule has 0 atom stereocenters. The largest absolute Gasteiger partial charge is 0.310 e. The number of fused-ring (bicyclic) bond motifs is 3. The zero-order valence-electron chi connectivity index (χ0n) is 20.1. The van der Waals surface area contributed by atoms with Crippen molar-refractivity contribution in [3.8, 4) is 11.1 Å². The van der Waals surface area contributed by atoms with Crippen molar-refractivity contribution >= 4 is 34.2 Å². The molecule has 2 heteroatoms. The van der Waals surface area contributed by atoms with Gasteiger partial charge in [-0.3, -0.25) is 0 Å². The lowest BCUT2D eigenvalue weighted by Crippen LogP contribution is -2.17. The highest BCUT2D eigenvalue weighted by Gasteiger charge is 2.35. The number of halogens is 1. The molecule has 0 heterocycles. The minimum atomic E-state index is -0.0518. The number of hydrogen-bond acceptors (Lipinski definition) is 1. The third kappa shape index (κ3) is 3.72. The predicted molar refractivity (Wildman–Crippen MR) is 150 cm³/mol. The lowest BCUT2D eigenvalue weighted by molar-refractivity contribution is 0.660. The smallest absolute Gasteiger partial charge is 0.0536 e. The second-order valence-electron chi connectivity index (χ2n) is 9.89. The molecule has 2 aliphatic rings. The molecule has 0 N–H and O–H groups in total. The lowest BCUT2D eigenvalue weighted by Gasteiger charge is -2.30. The van der Waals surface area contributed by atoms with Crippen LogP contribution in [0.2, 0.25) is 5.02 Å². The Bertz CT molecular complexity index is 1470. The Morgan fingerprint density at radius 1 is 0.714 bits per heavy atom. The molecule has 6 rings (SSSR count). The van der Waals surface area contributed by atoms with E-state index in [4.69, 9.17) is 11.6 Å². The number of allylic oxidation sites excluding steroid dienone is 4. The zero-order chi connectivity index (χ0) is 24.0. The second-order valence-corrected chi connectivity index (χ2v) is 10.3. The van der Waals surface area contributed by atoms with Crippen LogP contribution in [0.3, 0.4) is 0 Å². The van der Waals surface area contributed by atoms with Crippen molar-refractivity contribution in [3.05, 3.63) is 131 Å². The van der Waals surface area contributed by atoms with Gasteiger partial charge in [0, 0.05) is 27.4 Å². The van der Waals surface area contributed by atoms with Gasteiger partial charge in [0.05, 0.1) is 5.69 Å². The summed E-state index contributed by atoms with van der Waals surface area (Å²) in [5, 5.41) is 0.743. The predicted octanol–water partition coefficient (Wildman–Crippen LogP) is 9.85. The van der Waals surface area contributed by atoms with Crippen LogP contribution in [0.15, 0.2) is 109 Å². The minimum Gasteiger partial charge on any atom is -0.310 e. The summed E-state index contributed by atoms with van der Waals surface area (Å²) in [6.07, 6.45) is 8.80. The third-order valence-electron chi connectivity index (χ3n) is 7.41. The first-order chi connectivity index (χ1) is 17.0.